The van der Waals surface area contributed by atoms with Gasteiger partial charge in [-0.2, -0.15) is 0 Å². The summed E-state index contributed by atoms with van der Waals surface area (Å²) in [6, 6.07) is 6.24. The first kappa shape index (κ1) is 13.5. The van der Waals surface area contributed by atoms with E-state index in [1.165, 1.54) is 5.56 Å². The van der Waals surface area contributed by atoms with Gasteiger partial charge in [0.25, 0.3) is 0 Å². The van der Waals surface area contributed by atoms with Gasteiger partial charge in [-0.25, -0.2) is 0 Å². The molecule has 0 heterocycles. The number of rotatable bonds is 5. The molecule has 2 unspecified atom stereocenters. The molecule has 90 valence electrons. The van der Waals surface area contributed by atoms with E-state index in [-0.39, 0.29) is 12.1 Å². The third-order valence-electron chi connectivity index (χ3n) is 2.48. The predicted molar refractivity (Wildman–Crippen MR) is 71.9 cm³/mol. The predicted octanol–water partition coefficient (Wildman–Crippen LogP) is 3.52. The van der Waals surface area contributed by atoms with Crippen molar-refractivity contribution in [2.24, 2.45) is 5.73 Å². The third kappa shape index (κ3) is 3.80. The molecule has 0 saturated carbocycles. The van der Waals surface area contributed by atoms with Gasteiger partial charge in [0.1, 0.15) is 5.75 Å². The van der Waals surface area contributed by atoms with E-state index < -0.39 is 0 Å². The fraction of sp³-hybridized carbons (Fsp3) is 0.538. The van der Waals surface area contributed by atoms with Crippen LogP contribution in [0.5, 0.6) is 5.75 Å². The van der Waals surface area contributed by atoms with Crippen LogP contribution in [0.25, 0.3) is 0 Å². The Morgan fingerprint density at radius 3 is 2.62 bits per heavy atom. The van der Waals surface area contributed by atoms with E-state index in [0.29, 0.717) is 0 Å². The van der Waals surface area contributed by atoms with Crippen LogP contribution in [0.1, 0.15) is 32.8 Å². The Bertz CT molecular complexity index is 339. The normalized spacial score (nSPS) is 14.6. The van der Waals surface area contributed by atoms with E-state index in [0.717, 1.165) is 23.1 Å². The van der Waals surface area contributed by atoms with E-state index in [2.05, 4.69) is 35.8 Å². The van der Waals surface area contributed by atoms with Crippen LogP contribution in [0.15, 0.2) is 22.7 Å². The second-order valence-corrected chi connectivity index (χ2v) is 5.10. The van der Waals surface area contributed by atoms with Crippen LogP contribution in [0.4, 0.5) is 0 Å². The maximum atomic E-state index is 5.92. The van der Waals surface area contributed by atoms with E-state index >= 15 is 0 Å². The van der Waals surface area contributed by atoms with Gasteiger partial charge in [-0.1, -0.05) is 19.1 Å². The lowest BCUT2D eigenvalue weighted by Gasteiger charge is -2.18. The van der Waals surface area contributed by atoms with Crippen LogP contribution in [0, 0.1) is 0 Å². The van der Waals surface area contributed by atoms with Crippen LogP contribution in [-0.2, 0) is 6.42 Å². The van der Waals surface area contributed by atoms with Crippen molar-refractivity contribution >= 4 is 15.9 Å². The minimum absolute atomic E-state index is 0.147. The molecule has 3 heteroatoms. The largest absolute Gasteiger partial charge is 0.489 e. The van der Waals surface area contributed by atoms with Gasteiger partial charge in [0.2, 0.25) is 0 Å². The summed E-state index contributed by atoms with van der Waals surface area (Å²) >= 11 is 3.53. The quantitative estimate of drug-likeness (QED) is 0.899. The van der Waals surface area contributed by atoms with Crippen molar-refractivity contribution in [2.45, 2.75) is 45.8 Å². The molecule has 0 spiro atoms. The van der Waals surface area contributed by atoms with Crippen LogP contribution < -0.4 is 10.5 Å². The third-order valence-corrected chi connectivity index (χ3v) is 3.11. The highest BCUT2D eigenvalue weighted by atomic mass is 79.9. The summed E-state index contributed by atoms with van der Waals surface area (Å²) in [5.41, 5.74) is 7.01. The van der Waals surface area contributed by atoms with E-state index in [4.69, 9.17) is 10.5 Å². The Morgan fingerprint density at radius 1 is 1.38 bits per heavy atom. The number of ether oxygens (including phenoxy) is 1. The second-order valence-electron chi connectivity index (χ2n) is 4.25. The molecule has 0 aliphatic rings. The van der Waals surface area contributed by atoms with Crippen LogP contribution in [0.2, 0.25) is 0 Å². The minimum atomic E-state index is 0.147. The number of para-hydroxylation sites is 1. The van der Waals surface area contributed by atoms with Gasteiger partial charge in [0.15, 0.2) is 0 Å². The van der Waals surface area contributed by atoms with Gasteiger partial charge in [-0.05, 0) is 54.2 Å². The Hall–Kier alpha value is -0.540. The molecule has 0 radical (unpaired) electrons. The SMILES string of the molecule is CCC(C)Oc1c(Br)cccc1CC(C)N. The molecule has 0 saturated heterocycles. The molecule has 0 aromatic heterocycles. The molecule has 2 N–H and O–H groups in total. The van der Waals surface area contributed by atoms with E-state index in [9.17, 15) is 0 Å². The van der Waals surface area contributed by atoms with Gasteiger partial charge in [-0.15, -0.1) is 0 Å². The van der Waals surface area contributed by atoms with Gasteiger partial charge in [0, 0.05) is 6.04 Å². The second kappa shape index (κ2) is 6.26. The number of halogens is 1. The molecule has 0 aliphatic heterocycles. The average Bonchev–Trinajstić information content (AvgIpc) is 2.22. The molecule has 0 aliphatic carbocycles. The molecule has 1 aromatic carbocycles. The van der Waals surface area contributed by atoms with Gasteiger partial charge < -0.3 is 10.5 Å². The van der Waals surface area contributed by atoms with E-state index in [1.54, 1.807) is 0 Å². The summed E-state index contributed by atoms with van der Waals surface area (Å²) in [4.78, 5) is 0. The first-order valence-corrected chi connectivity index (χ1v) is 6.53. The molecule has 2 atom stereocenters. The summed E-state index contributed by atoms with van der Waals surface area (Å²) < 4.78 is 6.93. The van der Waals surface area contributed by atoms with Crippen molar-refractivity contribution in [1.29, 1.82) is 0 Å². The number of hydrogen-bond donors (Lipinski definition) is 1. The first-order valence-electron chi connectivity index (χ1n) is 5.74. The fourth-order valence-corrected chi connectivity index (χ4v) is 1.98. The summed E-state index contributed by atoms with van der Waals surface area (Å²) in [6.07, 6.45) is 2.06. The van der Waals surface area contributed by atoms with Gasteiger partial charge in [-0.3, -0.25) is 0 Å². The lowest BCUT2D eigenvalue weighted by Crippen LogP contribution is -2.19. The van der Waals surface area contributed by atoms with Gasteiger partial charge in [0.05, 0.1) is 10.6 Å². The maximum absolute atomic E-state index is 5.92. The Labute approximate surface area is 106 Å². The standard InChI is InChI=1S/C13H20BrNO/c1-4-10(3)16-13-11(8-9(2)15)6-5-7-12(13)14/h5-7,9-10H,4,8,15H2,1-3H3. The molecule has 1 rings (SSSR count). The highest BCUT2D eigenvalue weighted by molar-refractivity contribution is 9.10. The summed E-state index contributed by atoms with van der Waals surface area (Å²) in [5.74, 6) is 0.939. The van der Waals surface area contributed by atoms with Crippen molar-refractivity contribution in [2.75, 3.05) is 0 Å². The lowest BCUT2D eigenvalue weighted by molar-refractivity contribution is 0.213. The van der Waals surface area contributed by atoms with Crippen molar-refractivity contribution in [3.63, 3.8) is 0 Å². The summed E-state index contributed by atoms with van der Waals surface area (Å²) in [6.45, 7) is 6.20. The van der Waals surface area contributed by atoms with E-state index in [1.807, 2.05) is 19.1 Å². The van der Waals surface area contributed by atoms with Crippen molar-refractivity contribution in [3.8, 4) is 5.75 Å². The minimum Gasteiger partial charge on any atom is -0.489 e. The zero-order valence-corrected chi connectivity index (χ0v) is 11.8. The lowest BCUT2D eigenvalue weighted by atomic mass is 10.1. The average molecular weight is 286 g/mol. The number of hydrogen-bond acceptors (Lipinski definition) is 2. The molecular weight excluding hydrogens is 266 g/mol. The summed E-state index contributed by atoms with van der Waals surface area (Å²) in [7, 11) is 0. The highest BCUT2D eigenvalue weighted by Gasteiger charge is 2.12. The Balaban J connectivity index is 2.94. The van der Waals surface area contributed by atoms with Crippen molar-refractivity contribution in [1.82, 2.24) is 0 Å². The number of benzene rings is 1. The van der Waals surface area contributed by atoms with Crippen molar-refractivity contribution < 1.29 is 4.74 Å². The highest BCUT2D eigenvalue weighted by Crippen LogP contribution is 2.31. The Kier molecular flexibility index (Phi) is 5.29. The smallest absolute Gasteiger partial charge is 0.137 e. The zero-order chi connectivity index (χ0) is 12.1. The zero-order valence-electron chi connectivity index (χ0n) is 10.2. The molecular formula is C13H20BrNO. The monoisotopic (exact) mass is 285 g/mol. The molecule has 16 heavy (non-hydrogen) atoms. The van der Waals surface area contributed by atoms with Crippen molar-refractivity contribution in [3.05, 3.63) is 28.2 Å². The van der Waals surface area contributed by atoms with Gasteiger partial charge >= 0.3 is 0 Å². The molecule has 0 fully saturated rings. The Morgan fingerprint density at radius 2 is 2.06 bits per heavy atom. The molecule has 1 aromatic rings. The maximum Gasteiger partial charge on any atom is 0.137 e. The topological polar surface area (TPSA) is 35.2 Å². The van der Waals surface area contributed by atoms with Crippen LogP contribution in [-0.4, -0.2) is 12.1 Å². The molecule has 0 amide bonds. The summed E-state index contributed by atoms with van der Waals surface area (Å²) in [5, 5.41) is 0. The number of nitrogens with two attached hydrogens (primary N) is 1. The van der Waals surface area contributed by atoms with Crippen LogP contribution in [0.3, 0.4) is 0 Å². The van der Waals surface area contributed by atoms with Crippen LogP contribution >= 0.6 is 15.9 Å². The molecule has 0 bridgehead atoms. The fourth-order valence-electron chi connectivity index (χ4n) is 1.48. The first-order chi connectivity index (χ1) is 7.54. The molecule has 2 nitrogen and oxygen atoms in total.